The van der Waals surface area contributed by atoms with Gasteiger partial charge in [0.25, 0.3) is 11.5 Å². The van der Waals surface area contributed by atoms with Crippen LogP contribution in [0.5, 0.6) is 0 Å². The SMILES string of the molecule is CC1(C)CC(=O)c2cc(C(=O)NCCN3CCNCC3)c(=O)[nH]c2C1. The molecule has 7 nitrogen and oxygen atoms in total. The van der Waals surface area contributed by atoms with Crippen LogP contribution < -0.4 is 16.2 Å². The first-order valence-corrected chi connectivity index (χ1v) is 8.86. The molecule has 1 saturated heterocycles. The van der Waals surface area contributed by atoms with E-state index in [9.17, 15) is 14.4 Å². The molecule has 1 aliphatic heterocycles. The molecule has 0 atom stereocenters. The molecule has 136 valence electrons. The second kappa shape index (κ2) is 7.09. The molecule has 2 aliphatic rings. The molecule has 2 heterocycles. The number of aromatic nitrogens is 1. The topological polar surface area (TPSA) is 94.3 Å². The maximum absolute atomic E-state index is 12.4. The lowest BCUT2D eigenvalue weighted by Gasteiger charge is -2.29. The van der Waals surface area contributed by atoms with Crippen LogP contribution >= 0.6 is 0 Å². The van der Waals surface area contributed by atoms with E-state index >= 15 is 0 Å². The van der Waals surface area contributed by atoms with Crippen LogP contribution in [0, 0.1) is 5.41 Å². The fourth-order valence-corrected chi connectivity index (χ4v) is 3.55. The number of Topliss-reactive ketones (excluding diaryl/α,β-unsaturated/α-hetero) is 1. The van der Waals surface area contributed by atoms with Gasteiger partial charge in [0, 0.05) is 56.9 Å². The molecule has 1 aromatic heterocycles. The van der Waals surface area contributed by atoms with Gasteiger partial charge in [-0.3, -0.25) is 19.3 Å². The zero-order valence-electron chi connectivity index (χ0n) is 14.9. The van der Waals surface area contributed by atoms with Crippen molar-refractivity contribution in [3.05, 3.63) is 33.2 Å². The van der Waals surface area contributed by atoms with E-state index in [-0.39, 0.29) is 16.8 Å². The van der Waals surface area contributed by atoms with Crippen LogP contribution in [-0.2, 0) is 6.42 Å². The van der Waals surface area contributed by atoms with Crippen molar-refractivity contribution in [2.45, 2.75) is 26.7 Å². The Hall–Kier alpha value is -1.99. The molecule has 0 unspecified atom stereocenters. The number of hydrogen-bond donors (Lipinski definition) is 3. The van der Waals surface area contributed by atoms with Crippen molar-refractivity contribution in [2.24, 2.45) is 5.41 Å². The lowest BCUT2D eigenvalue weighted by Crippen LogP contribution is -2.46. The van der Waals surface area contributed by atoms with Gasteiger partial charge in [-0.1, -0.05) is 13.8 Å². The van der Waals surface area contributed by atoms with E-state index in [0.29, 0.717) is 30.6 Å². The summed E-state index contributed by atoms with van der Waals surface area (Å²) in [4.78, 5) is 42.0. The number of rotatable bonds is 4. The second-order valence-electron chi connectivity index (χ2n) is 7.69. The van der Waals surface area contributed by atoms with Gasteiger partial charge in [-0.15, -0.1) is 0 Å². The van der Waals surface area contributed by atoms with Crippen LogP contribution in [0.25, 0.3) is 0 Å². The fourth-order valence-electron chi connectivity index (χ4n) is 3.55. The molecule has 3 N–H and O–H groups in total. The Bertz CT molecular complexity index is 732. The predicted octanol–water partition coefficient (Wildman–Crippen LogP) is 0.165. The minimum Gasteiger partial charge on any atom is -0.351 e. The van der Waals surface area contributed by atoms with Crippen molar-refractivity contribution in [3.63, 3.8) is 0 Å². The zero-order valence-corrected chi connectivity index (χ0v) is 14.9. The van der Waals surface area contributed by atoms with E-state index < -0.39 is 11.5 Å². The molecule has 1 fully saturated rings. The standard InChI is InChI=1S/C18H26N4O3/c1-18(2)10-14-12(15(23)11-18)9-13(17(25)21-14)16(24)20-5-8-22-6-3-19-4-7-22/h9,19H,3-8,10-11H2,1-2H3,(H,20,24)(H,21,25). The molecule has 1 amide bonds. The van der Waals surface area contributed by atoms with Crippen molar-refractivity contribution >= 4 is 11.7 Å². The molecular weight excluding hydrogens is 320 g/mol. The Labute approximate surface area is 147 Å². The van der Waals surface area contributed by atoms with E-state index in [2.05, 4.69) is 20.5 Å². The average molecular weight is 346 g/mol. The van der Waals surface area contributed by atoms with E-state index in [0.717, 1.165) is 32.7 Å². The van der Waals surface area contributed by atoms with E-state index in [4.69, 9.17) is 0 Å². The summed E-state index contributed by atoms with van der Waals surface area (Å²) < 4.78 is 0. The molecule has 7 heteroatoms. The quantitative estimate of drug-likeness (QED) is 0.722. The van der Waals surface area contributed by atoms with Crippen molar-refractivity contribution in [2.75, 3.05) is 39.3 Å². The van der Waals surface area contributed by atoms with Crippen LogP contribution in [0.15, 0.2) is 10.9 Å². The summed E-state index contributed by atoms with van der Waals surface area (Å²) >= 11 is 0. The summed E-state index contributed by atoms with van der Waals surface area (Å²) in [6.45, 7) is 9.07. The van der Waals surface area contributed by atoms with Crippen molar-refractivity contribution in [1.29, 1.82) is 0 Å². The molecule has 25 heavy (non-hydrogen) atoms. The summed E-state index contributed by atoms with van der Waals surface area (Å²) in [5.74, 6) is -0.436. The predicted molar refractivity (Wildman–Crippen MR) is 95.1 cm³/mol. The first-order valence-electron chi connectivity index (χ1n) is 8.86. The Kier molecular flexibility index (Phi) is 5.06. The third-order valence-electron chi connectivity index (χ3n) is 4.89. The van der Waals surface area contributed by atoms with Crippen LogP contribution in [-0.4, -0.2) is 60.8 Å². The number of piperazine rings is 1. The zero-order chi connectivity index (χ0) is 18.0. The van der Waals surface area contributed by atoms with Gasteiger partial charge in [0.2, 0.25) is 0 Å². The fraction of sp³-hybridized carbons (Fsp3) is 0.611. The van der Waals surface area contributed by atoms with Gasteiger partial charge in [0.1, 0.15) is 5.56 Å². The van der Waals surface area contributed by atoms with Gasteiger partial charge in [0.15, 0.2) is 5.78 Å². The van der Waals surface area contributed by atoms with Crippen molar-refractivity contribution < 1.29 is 9.59 Å². The number of hydrogen-bond acceptors (Lipinski definition) is 5. The molecule has 0 bridgehead atoms. The smallest absolute Gasteiger partial charge is 0.261 e. The molecule has 0 radical (unpaired) electrons. The van der Waals surface area contributed by atoms with Gasteiger partial charge in [-0.2, -0.15) is 0 Å². The van der Waals surface area contributed by atoms with Crippen LogP contribution in [0.1, 0.15) is 46.7 Å². The lowest BCUT2D eigenvalue weighted by atomic mass is 9.75. The summed E-state index contributed by atoms with van der Waals surface area (Å²) in [7, 11) is 0. The largest absolute Gasteiger partial charge is 0.351 e. The van der Waals surface area contributed by atoms with Crippen molar-refractivity contribution in [1.82, 2.24) is 20.5 Å². The number of pyridine rings is 1. The van der Waals surface area contributed by atoms with Gasteiger partial charge in [0.05, 0.1) is 0 Å². The molecule has 1 aromatic rings. The number of nitrogens with one attached hydrogen (secondary N) is 3. The molecule has 0 aromatic carbocycles. The number of fused-ring (bicyclic) bond motifs is 1. The number of ketones is 1. The maximum Gasteiger partial charge on any atom is 0.261 e. The van der Waals surface area contributed by atoms with E-state index in [1.54, 1.807) is 0 Å². The monoisotopic (exact) mass is 346 g/mol. The van der Waals surface area contributed by atoms with Gasteiger partial charge in [-0.25, -0.2) is 0 Å². The third-order valence-corrected chi connectivity index (χ3v) is 4.89. The molecule has 0 spiro atoms. The van der Waals surface area contributed by atoms with Crippen LogP contribution in [0.3, 0.4) is 0 Å². The summed E-state index contributed by atoms with van der Waals surface area (Å²) in [6.07, 6.45) is 1.06. The second-order valence-corrected chi connectivity index (χ2v) is 7.69. The number of carbonyl (C=O) groups is 2. The summed E-state index contributed by atoms with van der Waals surface area (Å²) in [6, 6.07) is 1.46. The normalized spacial score (nSPS) is 20.2. The summed E-state index contributed by atoms with van der Waals surface area (Å²) in [5.41, 5.74) is 0.547. The minimum absolute atomic E-state index is 0.0163. The number of H-pyrrole nitrogens is 1. The summed E-state index contributed by atoms with van der Waals surface area (Å²) in [5, 5.41) is 6.07. The third kappa shape index (κ3) is 4.16. The number of carbonyl (C=O) groups excluding carboxylic acids is 2. The van der Waals surface area contributed by atoms with E-state index in [1.807, 2.05) is 13.8 Å². The molecular formula is C18H26N4O3. The highest BCUT2D eigenvalue weighted by molar-refractivity contribution is 6.02. The Morgan fingerprint density at radius 1 is 1.24 bits per heavy atom. The van der Waals surface area contributed by atoms with Crippen LogP contribution in [0.4, 0.5) is 0 Å². The average Bonchev–Trinajstić information content (AvgIpc) is 2.54. The van der Waals surface area contributed by atoms with Crippen LogP contribution in [0.2, 0.25) is 0 Å². The minimum atomic E-state index is -0.427. The highest BCUT2D eigenvalue weighted by atomic mass is 16.2. The Morgan fingerprint density at radius 3 is 2.68 bits per heavy atom. The van der Waals surface area contributed by atoms with Crippen molar-refractivity contribution in [3.8, 4) is 0 Å². The van der Waals surface area contributed by atoms with E-state index in [1.165, 1.54) is 6.07 Å². The van der Waals surface area contributed by atoms with Gasteiger partial charge in [-0.05, 0) is 17.9 Å². The van der Waals surface area contributed by atoms with Gasteiger partial charge >= 0.3 is 0 Å². The molecule has 0 saturated carbocycles. The first-order chi connectivity index (χ1) is 11.9. The van der Waals surface area contributed by atoms with Gasteiger partial charge < -0.3 is 15.6 Å². The Balaban J connectivity index is 1.68. The molecule has 1 aliphatic carbocycles. The first kappa shape index (κ1) is 17.8. The Morgan fingerprint density at radius 2 is 1.96 bits per heavy atom. The maximum atomic E-state index is 12.4. The number of aromatic amines is 1. The highest BCUT2D eigenvalue weighted by Crippen LogP contribution is 2.33. The number of amides is 1. The number of nitrogens with zero attached hydrogens (tertiary/aromatic N) is 1. The highest BCUT2D eigenvalue weighted by Gasteiger charge is 2.32. The lowest BCUT2D eigenvalue weighted by molar-refractivity contribution is 0.0910. The molecule has 3 rings (SSSR count).